The molecule has 0 aliphatic carbocycles. The third-order valence-electron chi connectivity index (χ3n) is 6.26. The lowest BCUT2D eigenvalue weighted by molar-refractivity contribution is 0.0771. The van der Waals surface area contributed by atoms with Crippen molar-refractivity contribution in [3.63, 3.8) is 0 Å². The SMILES string of the molecule is Cc1nn(Cc2ccccc2)c(C)c1C(=O)N1CC=C(c2c[nH]c3cc(F)ccc23)CC1. The molecule has 1 N–H and O–H groups in total. The molecule has 32 heavy (non-hydrogen) atoms. The van der Waals surface area contributed by atoms with Crippen LogP contribution in [0.4, 0.5) is 4.39 Å². The van der Waals surface area contributed by atoms with Gasteiger partial charge in [-0.15, -0.1) is 0 Å². The maximum Gasteiger partial charge on any atom is 0.257 e. The number of hydrogen-bond acceptors (Lipinski definition) is 2. The number of aromatic amines is 1. The molecule has 1 amide bonds. The molecule has 3 heterocycles. The number of halogens is 1. The second-order valence-electron chi connectivity index (χ2n) is 8.31. The zero-order valence-corrected chi connectivity index (χ0v) is 18.2. The van der Waals surface area contributed by atoms with Gasteiger partial charge in [-0.05, 0) is 49.6 Å². The number of carbonyl (C=O) groups is 1. The molecule has 4 aromatic rings. The number of fused-ring (bicyclic) bond motifs is 1. The molecule has 0 atom stereocenters. The Hall–Kier alpha value is -3.67. The van der Waals surface area contributed by atoms with Gasteiger partial charge in [-0.25, -0.2) is 4.39 Å². The van der Waals surface area contributed by atoms with E-state index in [9.17, 15) is 9.18 Å². The van der Waals surface area contributed by atoms with Gasteiger partial charge in [0.15, 0.2) is 0 Å². The zero-order chi connectivity index (χ0) is 22.2. The van der Waals surface area contributed by atoms with E-state index in [1.165, 1.54) is 17.7 Å². The van der Waals surface area contributed by atoms with Crippen molar-refractivity contribution in [2.45, 2.75) is 26.8 Å². The number of benzene rings is 2. The fourth-order valence-corrected chi connectivity index (χ4v) is 4.54. The van der Waals surface area contributed by atoms with Gasteiger partial charge in [0.1, 0.15) is 5.82 Å². The van der Waals surface area contributed by atoms with Crippen molar-refractivity contribution in [2.24, 2.45) is 0 Å². The Morgan fingerprint density at radius 3 is 2.72 bits per heavy atom. The first-order chi connectivity index (χ1) is 15.5. The lowest BCUT2D eigenvalue weighted by Gasteiger charge is -2.26. The third kappa shape index (κ3) is 3.62. The predicted octanol–water partition coefficient (Wildman–Crippen LogP) is 5.10. The van der Waals surface area contributed by atoms with Crippen molar-refractivity contribution in [1.29, 1.82) is 0 Å². The smallest absolute Gasteiger partial charge is 0.257 e. The molecular formula is C26H25FN4O. The summed E-state index contributed by atoms with van der Waals surface area (Å²) in [5.74, 6) is -0.227. The Labute approximate surface area is 186 Å². The maximum atomic E-state index is 13.5. The van der Waals surface area contributed by atoms with E-state index in [2.05, 4.69) is 28.3 Å². The van der Waals surface area contributed by atoms with Crippen LogP contribution in [-0.2, 0) is 6.54 Å². The second-order valence-corrected chi connectivity index (χ2v) is 8.31. The standard InChI is InChI=1S/C26H25FN4O/c1-17-25(18(2)31(29-17)16-19-6-4-3-5-7-19)26(32)30-12-10-20(11-13-30)23-15-28-24-14-21(27)8-9-22(23)24/h3-10,14-15,28H,11-13,16H2,1-2H3. The highest BCUT2D eigenvalue weighted by Gasteiger charge is 2.26. The van der Waals surface area contributed by atoms with E-state index < -0.39 is 0 Å². The van der Waals surface area contributed by atoms with Gasteiger partial charge in [-0.2, -0.15) is 5.10 Å². The number of carbonyl (C=O) groups excluding carboxylic acids is 1. The first-order valence-electron chi connectivity index (χ1n) is 10.8. The number of nitrogens with zero attached hydrogens (tertiary/aromatic N) is 3. The molecule has 5 nitrogen and oxygen atoms in total. The number of rotatable bonds is 4. The fraction of sp³-hybridized carbons (Fsp3) is 0.231. The first-order valence-corrected chi connectivity index (χ1v) is 10.8. The monoisotopic (exact) mass is 428 g/mol. The number of amides is 1. The summed E-state index contributed by atoms with van der Waals surface area (Å²) in [5, 5.41) is 5.64. The largest absolute Gasteiger partial charge is 0.360 e. The summed E-state index contributed by atoms with van der Waals surface area (Å²) in [6, 6.07) is 14.9. The second kappa shape index (κ2) is 8.11. The summed E-state index contributed by atoms with van der Waals surface area (Å²) < 4.78 is 15.4. The Bertz CT molecular complexity index is 1330. The summed E-state index contributed by atoms with van der Waals surface area (Å²) >= 11 is 0. The van der Waals surface area contributed by atoms with Crippen molar-refractivity contribution in [3.05, 3.63) is 94.7 Å². The van der Waals surface area contributed by atoms with Gasteiger partial charge in [0.25, 0.3) is 5.91 Å². The minimum atomic E-state index is -0.251. The number of H-pyrrole nitrogens is 1. The summed E-state index contributed by atoms with van der Waals surface area (Å²) in [6.45, 7) is 5.70. The number of aromatic nitrogens is 3. The van der Waals surface area contributed by atoms with Crippen molar-refractivity contribution < 1.29 is 9.18 Å². The number of aryl methyl sites for hydroxylation is 1. The van der Waals surface area contributed by atoms with Crippen LogP contribution in [0.3, 0.4) is 0 Å². The van der Waals surface area contributed by atoms with Gasteiger partial charge in [-0.1, -0.05) is 36.4 Å². The topological polar surface area (TPSA) is 53.9 Å². The first kappa shape index (κ1) is 20.2. The Balaban J connectivity index is 1.35. The quantitative estimate of drug-likeness (QED) is 0.492. The van der Waals surface area contributed by atoms with Crippen LogP contribution in [0, 0.1) is 19.7 Å². The highest BCUT2D eigenvalue weighted by Crippen LogP contribution is 2.30. The number of hydrogen-bond donors (Lipinski definition) is 1. The van der Waals surface area contributed by atoms with E-state index in [4.69, 9.17) is 0 Å². The van der Waals surface area contributed by atoms with Crippen molar-refractivity contribution in [2.75, 3.05) is 13.1 Å². The van der Waals surface area contributed by atoms with Crippen LogP contribution in [0.5, 0.6) is 0 Å². The van der Waals surface area contributed by atoms with E-state index in [0.29, 0.717) is 25.2 Å². The lowest BCUT2D eigenvalue weighted by atomic mass is 9.98. The summed E-state index contributed by atoms with van der Waals surface area (Å²) in [5.41, 5.74) is 6.55. The molecule has 0 fully saturated rings. The van der Waals surface area contributed by atoms with E-state index in [0.717, 1.165) is 39.8 Å². The molecule has 0 unspecified atom stereocenters. The van der Waals surface area contributed by atoms with Crippen LogP contribution in [0.25, 0.3) is 16.5 Å². The van der Waals surface area contributed by atoms with Crippen LogP contribution in [-0.4, -0.2) is 38.7 Å². The Kier molecular flexibility index (Phi) is 5.13. The molecule has 0 saturated carbocycles. The van der Waals surface area contributed by atoms with Gasteiger partial charge in [0, 0.05) is 41.4 Å². The average Bonchev–Trinajstić information content (AvgIpc) is 3.34. The number of nitrogens with one attached hydrogen (secondary N) is 1. The van der Waals surface area contributed by atoms with Crippen LogP contribution in [0.2, 0.25) is 0 Å². The fourth-order valence-electron chi connectivity index (χ4n) is 4.54. The van der Waals surface area contributed by atoms with Gasteiger partial charge in [0.2, 0.25) is 0 Å². The minimum Gasteiger partial charge on any atom is -0.360 e. The van der Waals surface area contributed by atoms with Crippen molar-refractivity contribution in [3.8, 4) is 0 Å². The van der Waals surface area contributed by atoms with Crippen LogP contribution in [0.1, 0.15) is 39.3 Å². The highest BCUT2D eigenvalue weighted by molar-refractivity contribution is 5.98. The molecule has 2 aromatic carbocycles. The van der Waals surface area contributed by atoms with Crippen molar-refractivity contribution in [1.82, 2.24) is 19.7 Å². The van der Waals surface area contributed by atoms with E-state index in [-0.39, 0.29) is 11.7 Å². The lowest BCUT2D eigenvalue weighted by Crippen LogP contribution is -2.35. The molecule has 6 heteroatoms. The Morgan fingerprint density at radius 1 is 1.16 bits per heavy atom. The van der Waals surface area contributed by atoms with Gasteiger partial charge in [-0.3, -0.25) is 9.48 Å². The summed E-state index contributed by atoms with van der Waals surface area (Å²) in [7, 11) is 0. The summed E-state index contributed by atoms with van der Waals surface area (Å²) in [6.07, 6.45) is 4.79. The zero-order valence-electron chi connectivity index (χ0n) is 18.2. The molecule has 0 spiro atoms. The normalized spacial score (nSPS) is 14.1. The van der Waals surface area contributed by atoms with Crippen LogP contribution in [0.15, 0.2) is 60.8 Å². The molecule has 2 aromatic heterocycles. The highest BCUT2D eigenvalue weighted by atomic mass is 19.1. The molecule has 162 valence electrons. The molecule has 5 rings (SSSR count). The molecule has 0 bridgehead atoms. The van der Waals surface area contributed by atoms with E-state index in [1.54, 1.807) is 0 Å². The molecular weight excluding hydrogens is 403 g/mol. The van der Waals surface area contributed by atoms with E-state index >= 15 is 0 Å². The molecule has 1 aliphatic rings. The Morgan fingerprint density at radius 2 is 1.97 bits per heavy atom. The molecule has 1 aliphatic heterocycles. The summed E-state index contributed by atoms with van der Waals surface area (Å²) in [4.78, 5) is 18.4. The minimum absolute atomic E-state index is 0.0237. The van der Waals surface area contributed by atoms with Gasteiger partial charge < -0.3 is 9.88 Å². The van der Waals surface area contributed by atoms with Gasteiger partial charge in [0.05, 0.1) is 17.8 Å². The molecule has 0 radical (unpaired) electrons. The van der Waals surface area contributed by atoms with Crippen molar-refractivity contribution >= 4 is 22.4 Å². The van der Waals surface area contributed by atoms with Crippen LogP contribution >= 0.6 is 0 Å². The van der Waals surface area contributed by atoms with E-state index in [1.807, 2.05) is 53.9 Å². The third-order valence-corrected chi connectivity index (χ3v) is 6.26. The predicted molar refractivity (Wildman–Crippen MR) is 124 cm³/mol. The van der Waals surface area contributed by atoms with Crippen LogP contribution < -0.4 is 0 Å². The maximum absolute atomic E-state index is 13.5. The average molecular weight is 429 g/mol. The van der Waals surface area contributed by atoms with Gasteiger partial charge >= 0.3 is 0 Å². The molecule has 0 saturated heterocycles.